The first-order valence-electron chi connectivity index (χ1n) is 10.1. The van der Waals surface area contributed by atoms with Crippen LogP contribution in [0.4, 0.5) is 5.69 Å². The van der Waals surface area contributed by atoms with E-state index in [-0.39, 0.29) is 17.4 Å². The number of hydrogen-bond donors (Lipinski definition) is 2. The molecule has 4 rings (SSSR count). The topological polar surface area (TPSA) is 98.5 Å². The Balaban J connectivity index is 1.58. The van der Waals surface area contributed by atoms with Gasteiger partial charge in [0.15, 0.2) is 11.0 Å². The number of anilines is 1. The van der Waals surface area contributed by atoms with Crippen molar-refractivity contribution >= 4 is 35.0 Å². The maximum Gasteiger partial charge on any atom is 0.234 e. The summed E-state index contributed by atoms with van der Waals surface area (Å²) in [4.78, 5) is 12.7. The molecule has 174 valence electrons. The van der Waals surface area contributed by atoms with Crippen molar-refractivity contribution in [2.75, 3.05) is 25.3 Å². The number of rotatable bonds is 8. The van der Waals surface area contributed by atoms with E-state index in [9.17, 15) is 9.90 Å². The van der Waals surface area contributed by atoms with Gasteiger partial charge in [0.2, 0.25) is 5.91 Å². The SMILES string of the molecule is COc1ccc(NC(=O)CSc2nnc(-c3ccc(O)cc3)n2-c2cccc(Cl)c2)c(OC)c1. The van der Waals surface area contributed by atoms with Crippen molar-refractivity contribution in [3.8, 4) is 34.3 Å². The number of nitrogens with one attached hydrogen (secondary N) is 1. The molecule has 0 fully saturated rings. The van der Waals surface area contributed by atoms with Crippen LogP contribution in [0.5, 0.6) is 17.2 Å². The summed E-state index contributed by atoms with van der Waals surface area (Å²) in [6, 6.07) is 19.1. The van der Waals surface area contributed by atoms with Crippen molar-refractivity contribution in [2.45, 2.75) is 5.16 Å². The Labute approximate surface area is 205 Å². The summed E-state index contributed by atoms with van der Waals surface area (Å²) in [5.74, 6) is 1.68. The number of ether oxygens (including phenoxy) is 2. The maximum atomic E-state index is 12.7. The molecule has 8 nitrogen and oxygen atoms in total. The molecule has 2 N–H and O–H groups in total. The number of phenols is 1. The van der Waals surface area contributed by atoms with E-state index in [0.29, 0.717) is 33.2 Å². The molecule has 1 heterocycles. The van der Waals surface area contributed by atoms with Gasteiger partial charge in [-0.3, -0.25) is 9.36 Å². The monoisotopic (exact) mass is 496 g/mol. The van der Waals surface area contributed by atoms with Crippen LogP contribution in [0.15, 0.2) is 71.9 Å². The fraction of sp³-hybridized carbons (Fsp3) is 0.125. The van der Waals surface area contributed by atoms with E-state index in [2.05, 4.69) is 15.5 Å². The highest BCUT2D eigenvalue weighted by Crippen LogP contribution is 2.31. The van der Waals surface area contributed by atoms with Gasteiger partial charge in [0.1, 0.15) is 17.2 Å². The van der Waals surface area contributed by atoms with Crippen LogP contribution in [0, 0.1) is 0 Å². The van der Waals surface area contributed by atoms with Crippen molar-refractivity contribution in [1.29, 1.82) is 0 Å². The predicted molar refractivity (Wildman–Crippen MR) is 132 cm³/mol. The van der Waals surface area contributed by atoms with Crippen molar-refractivity contribution in [3.05, 3.63) is 71.8 Å². The average molecular weight is 497 g/mol. The normalized spacial score (nSPS) is 10.7. The minimum atomic E-state index is -0.236. The lowest BCUT2D eigenvalue weighted by molar-refractivity contribution is -0.113. The van der Waals surface area contributed by atoms with Gasteiger partial charge in [0, 0.05) is 16.7 Å². The summed E-state index contributed by atoms with van der Waals surface area (Å²) in [6.07, 6.45) is 0. The standard InChI is InChI=1S/C24H21ClN4O4S/c1-32-19-10-11-20(21(13-19)33-2)26-22(31)14-34-24-28-27-23(15-6-8-18(30)9-7-15)29(24)17-5-3-4-16(25)12-17/h3-13,30H,14H2,1-2H3,(H,26,31). The summed E-state index contributed by atoms with van der Waals surface area (Å²) in [7, 11) is 3.09. The van der Waals surface area contributed by atoms with Crippen molar-refractivity contribution < 1.29 is 19.4 Å². The minimum absolute atomic E-state index is 0.0868. The number of aromatic nitrogens is 3. The van der Waals surface area contributed by atoms with Gasteiger partial charge in [-0.05, 0) is 54.6 Å². The quantitative estimate of drug-likeness (QED) is 0.330. The van der Waals surface area contributed by atoms with Gasteiger partial charge in [-0.2, -0.15) is 0 Å². The largest absolute Gasteiger partial charge is 0.508 e. The highest BCUT2D eigenvalue weighted by atomic mass is 35.5. The van der Waals surface area contributed by atoms with Crippen LogP contribution in [-0.4, -0.2) is 45.8 Å². The van der Waals surface area contributed by atoms with Crippen LogP contribution < -0.4 is 14.8 Å². The van der Waals surface area contributed by atoms with Gasteiger partial charge >= 0.3 is 0 Å². The third-order valence-corrected chi connectivity index (χ3v) is 6.00. The van der Waals surface area contributed by atoms with Gasteiger partial charge in [-0.25, -0.2) is 0 Å². The Morgan fingerprint density at radius 1 is 1.06 bits per heavy atom. The molecule has 0 aliphatic carbocycles. The van der Waals surface area contributed by atoms with E-state index in [1.54, 1.807) is 61.7 Å². The van der Waals surface area contributed by atoms with Crippen LogP contribution in [0.3, 0.4) is 0 Å². The molecular weight excluding hydrogens is 476 g/mol. The van der Waals surface area contributed by atoms with E-state index in [1.807, 2.05) is 16.7 Å². The number of amides is 1. The molecule has 0 atom stereocenters. The van der Waals surface area contributed by atoms with E-state index >= 15 is 0 Å². The van der Waals surface area contributed by atoms with Crippen LogP contribution in [0.2, 0.25) is 5.02 Å². The molecule has 1 amide bonds. The minimum Gasteiger partial charge on any atom is -0.508 e. The number of carbonyl (C=O) groups is 1. The lowest BCUT2D eigenvalue weighted by atomic mass is 10.2. The average Bonchev–Trinajstić information content (AvgIpc) is 3.27. The van der Waals surface area contributed by atoms with E-state index in [0.717, 1.165) is 11.3 Å². The Bertz CT molecular complexity index is 1310. The fourth-order valence-corrected chi connectivity index (χ4v) is 4.16. The number of benzene rings is 3. The first kappa shape index (κ1) is 23.5. The van der Waals surface area contributed by atoms with Crippen molar-refractivity contribution in [3.63, 3.8) is 0 Å². The zero-order valence-electron chi connectivity index (χ0n) is 18.4. The molecule has 0 radical (unpaired) electrons. The van der Waals surface area contributed by atoms with E-state index in [1.165, 1.54) is 18.9 Å². The second kappa shape index (κ2) is 10.5. The Kier molecular flexibility index (Phi) is 7.24. The molecule has 34 heavy (non-hydrogen) atoms. The molecule has 3 aromatic carbocycles. The highest BCUT2D eigenvalue weighted by Gasteiger charge is 2.18. The summed E-state index contributed by atoms with van der Waals surface area (Å²) in [6.45, 7) is 0. The first-order chi connectivity index (χ1) is 16.5. The van der Waals surface area contributed by atoms with Gasteiger partial charge in [0.05, 0.1) is 31.3 Å². The van der Waals surface area contributed by atoms with Gasteiger partial charge in [-0.15, -0.1) is 10.2 Å². The Morgan fingerprint density at radius 3 is 2.56 bits per heavy atom. The van der Waals surface area contributed by atoms with Crippen LogP contribution in [0.1, 0.15) is 0 Å². The number of phenolic OH excluding ortho intramolecular Hbond substituents is 1. The number of carbonyl (C=O) groups excluding carboxylic acids is 1. The van der Waals surface area contributed by atoms with E-state index < -0.39 is 0 Å². The summed E-state index contributed by atoms with van der Waals surface area (Å²) in [5, 5.41) is 22.2. The third-order valence-electron chi connectivity index (χ3n) is 4.84. The summed E-state index contributed by atoms with van der Waals surface area (Å²) in [5.41, 5.74) is 2.04. The molecule has 0 spiro atoms. The van der Waals surface area contributed by atoms with Crippen LogP contribution in [0.25, 0.3) is 17.1 Å². The zero-order valence-corrected chi connectivity index (χ0v) is 19.9. The molecular formula is C24H21ClN4O4S. The molecule has 1 aromatic heterocycles. The zero-order chi connectivity index (χ0) is 24.1. The molecule has 0 aliphatic heterocycles. The Morgan fingerprint density at radius 2 is 1.85 bits per heavy atom. The summed E-state index contributed by atoms with van der Waals surface area (Å²) >= 11 is 7.46. The first-order valence-corrected chi connectivity index (χ1v) is 11.5. The molecule has 10 heteroatoms. The molecule has 0 bridgehead atoms. The van der Waals surface area contributed by atoms with Crippen molar-refractivity contribution in [2.24, 2.45) is 0 Å². The van der Waals surface area contributed by atoms with Crippen molar-refractivity contribution in [1.82, 2.24) is 14.8 Å². The number of halogens is 1. The van der Waals surface area contributed by atoms with Gasteiger partial charge < -0.3 is 19.9 Å². The summed E-state index contributed by atoms with van der Waals surface area (Å²) < 4.78 is 12.4. The second-order valence-electron chi connectivity index (χ2n) is 7.07. The maximum absolute atomic E-state index is 12.7. The number of nitrogens with zero attached hydrogens (tertiary/aromatic N) is 3. The van der Waals surface area contributed by atoms with Gasteiger partial charge in [-0.1, -0.05) is 29.4 Å². The Hall–Kier alpha value is -3.69. The van der Waals surface area contributed by atoms with Gasteiger partial charge in [0.25, 0.3) is 0 Å². The van der Waals surface area contributed by atoms with E-state index in [4.69, 9.17) is 21.1 Å². The highest BCUT2D eigenvalue weighted by molar-refractivity contribution is 7.99. The lowest BCUT2D eigenvalue weighted by Crippen LogP contribution is -2.15. The predicted octanol–water partition coefficient (Wildman–Crippen LogP) is 5.04. The number of thioether (sulfide) groups is 1. The van der Waals surface area contributed by atoms with Crippen LogP contribution >= 0.6 is 23.4 Å². The number of methoxy groups -OCH3 is 2. The molecule has 0 saturated heterocycles. The lowest BCUT2D eigenvalue weighted by Gasteiger charge is -2.12. The van der Waals surface area contributed by atoms with Crippen LogP contribution in [-0.2, 0) is 4.79 Å². The number of aromatic hydroxyl groups is 1. The smallest absolute Gasteiger partial charge is 0.234 e. The third kappa shape index (κ3) is 5.27. The fourth-order valence-electron chi connectivity index (χ4n) is 3.23. The molecule has 0 unspecified atom stereocenters. The molecule has 0 aliphatic rings. The second-order valence-corrected chi connectivity index (χ2v) is 8.45. The molecule has 4 aromatic rings. The number of hydrogen-bond acceptors (Lipinski definition) is 7. The molecule has 0 saturated carbocycles.